The lowest BCUT2D eigenvalue weighted by Gasteiger charge is -1.97. The van der Waals surface area contributed by atoms with E-state index in [1.54, 1.807) is 0 Å². The van der Waals surface area contributed by atoms with Gasteiger partial charge in [0.15, 0.2) is 5.78 Å². The first kappa shape index (κ1) is 10.4. The highest BCUT2D eigenvalue weighted by Gasteiger charge is 2.06. The van der Waals surface area contributed by atoms with Crippen molar-refractivity contribution < 1.29 is 4.79 Å². The Labute approximate surface area is 74.5 Å². The first-order valence-corrected chi connectivity index (χ1v) is 4.06. The molecule has 4 heteroatoms. The van der Waals surface area contributed by atoms with Gasteiger partial charge >= 0.3 is 0 Å². The minimum Gasteiger partial charge on any atom is -0.404 e. The predicted molar refractivity (Wildman–Crippen MR) is 49.9 cm³/mol. The van der Waals surface area contributed by atoms with Gasteiger partial charge in [-0.2, -0.15) is 0 Å². The maximum atomic E-state index is 10.8. The number of halogens is 1. The number of nitrogens with zero attached hydrogens (tertiary/aromatic N) is 1. The van der Waals surface area contributed by atoms with Gasteiger partial charge in [0.1, 0.15) is 4.62 Å². The van der Waals surface area contributed by atoms with Gasteiger partial charge in [0.25, 0.3) is 0 Å². The summed E-state index contributed by atoms with van der Waals surface area (Å²) in [7, 11) is 0. The van der Waals surface area contributed by atoms with Crippen molar-refractivity contribution >= 4 is 26.3 Å². The molecule has 0 aliphatic carbocycles. The van der Waals surface area contributed by atoms with Crippen molar-refractivity contribution in [2.24, 2.45) is 10.7 Å². The molecule has 0 fully saturated rings. The molecule has 0 unspecified atom stereocenters. The van der Waals surface area contributed by atoms with Gasteiger partial charge in [-0.25, -0.2) is 0 Å². The van der Waals surface area contributed by atoms with Gasteiger partial charge in [-0.1, -0.05) is 0 Å². The molecule has 0 aromatic heterocycles. The molecule has 0 aromatic carbocycles. The van der Waals surface area contributed by atoms with Crippen LogP contribution in [0.4, 0.5) is 0 Å². The summed E-state index contributed by atoms with van der Waals surface area (Å²) in [5, 5.41) is 0. The van der Waals surface area contributed by atoms with Crippen molar-refractivity contribution in [2.75, 3.05) is 6.54 Å². The van der Waals surface area contributed by atoms with Crippen LogP contribution >= 0.6 is 15.9 Å². The van der Waals surface area contributed by atoms with E-state index in [-0.39, 0.29) is 5.78 Å². The van der Waals surface area contributed by atoms with Crippen LogP contribution in [0, 0.1) is 0 Å². The zero-order valence-electron chi connectivity index (χ0n) is 6.60. The number of nitrogens with two attached hydrogens (primary N) is 1. The molecule has 0 aliphatic rings. The summed E-state index contributed by atoms with van der Waals surface area (Å²) in [5.74, 6) is -0.0865. The molecule has 62 valence electrons. The van der Waals surface area contributed by atoms with Gasteiger partial charge in [-0.3, -0.25) is 9.79 Å². The Kier molecular flexibility index (Phi) is 4.77. The third-order valence-electron chi connectivity index (χ3n) is 1.07. The fourth-order valence-electron chi connectivity index (χ4n) is 0.555. The maximum Gasteiger partial charge on any atom is 0.163 e. The second-order valence-corrected chi connectivity index (χ2v) is 2.65. The van der Waals surface area contributed by atoms with Crippen molar-refractivity contribution in [3.63, 3.8) is 0 Å². The standard InChI is InChI=1S/C7H11BrN2O/c1-3-10-7(8)6(4-9)5(2)11/h4H,3,9H2,1-2H3. The van der Waals surface area contributed by atoms with Crippen LogP contribution in [0.2, 0.25) is 0 Å². The lowest BCUT2D eigenvalue weighted by molar-refractivity contribution is -0.113. The third-order valence-corrected chi connectivity index (χ3v) is 1.74. The number of Topliss-reactive ketones (excluding diaryl/α,β-unsaturated/α-hetero) is 1. The van der Waals surface area contributed by atoms with Crippen LogP contribution in [0.25, 0.3) is 0 Å². The molecule has 0 rings (SSSR count). The van der Waals surface area contributed by atoms with Crippen LogP contribution in [-0.4, -0.2) is 16.9 Å². The molecule has 0 saturated heterocycles. The topological polar surface area (TPSA) is 55.4 Å². The predicted octanol–water partition coefficient (Wildman–Crippen LogP) is 1.23. The average molecular weight is 219 g/mol. The summed E-state index contributed by atoms with van der Waals surface area (Å²) in [6.45, 7) is 3.96. The van der Waals surface area contributed by atoms with E-state index < -0.39 is 0 Å². The van der Waals surface area contributed by atoms with E-state index in [9.17, 15) is 4.79 Å². The molecular weight excluding hydrogens is 208 g/mol. The first-order valence-electron chi connectivity index (χ1n) is 3.26. The number of allylic oxidation sites excluding steroid dienone is 1. The summed E-state index contributed by atoms with van der Waals surface area (Å²) in [6.07, 6.45) is 1.26. The minimum absolute atomic E-state index is 0.0865. The molecule has 2 N–H and O–H groups in total. The van der Waals surface area contributed by atoms with Gasteiger partial charge in [0.2, 0.25) is 0 Å². The summed E-state index contributed by atoms with van der Waals surface area (Å²) < 4.78 is 0.523. The van der Waals surface area contributed by atoms with E-state index in [2.05, 4.69) is 20.9 Å². The number of hydrogen-bond acceptors (Lipinski definition) is 3. The zero-order chi connectivity index (χ0) is 8.85. The Hall–Kier alpha value is -0.640. The number of carbonyl (C=O) groups excluding carboxylic acids is 1. The summed E-state index contributed by atoms with van der Waals surface area (Å²) in [4.78, 5) is 14.8. The van der Waals surface area contributed by atoms with Crippen LogP contribution in [0.1, 0.15) is 13.8 Å². The number of aliphatic imine (C=N–C) groups is 1. The van der Waals surface area contributed by atoms with Crippen molar-refractivity contribution in [3.05, 3.63) is 11.8 Å². The van der Waals surface area contributed by atoms with Gasteiger partial charge in [-0.15, -0.1) is 0 Å². The summed E-state index contributed by atoms with van der Waals surface area (Å²) in [6, 6.07) is 0. The lowest BCUT2D eigenvalue weighted by atomic mass is 10.2. The number of carbonyl (C=O) groups is 1. The van der Waals surface area contributed by atoms with Crippen molar-refractivity contribution in [1.29, 1.82) is 0 Å². The molecule has 0 aromatic rings. The van der Waals surface area contributed by atoms with E-state index in [0.29, 0.717) is 16.7 Å². The zero-order valence-corrected chi connectivity index (χ0v) is 8.18. The Morgan fingerprint density at radius 3 is 2.55 bits per heavy atom. The number of ketones is 1. The Morgan fingerprint density at radius 2 is 2.27 bits per heavy atom. The monoisotopic (exact) mass is 218 g/mol. The highest BCUT2D eigenvalue weighted by Crippen LogP contribution is 2.04. The number of hydrogen-bond donors (Lipinski definition) is 1. The van der Waals surface area contributed by atoms with Gasteiger partial charge < -0.3 is 5.73 Å². The Bertz CT molecular complexity index is 208. The quantitative estimate of drug-likeness (QED) is 0.573. The molecule has 0 heterocycles. The van der Waals surface area contributed by atoms with Crippen LogP contribution in [0.15, 0.2) is 16.8 Å². The molecule has 0 atom stereocenters. The van der Waals surface area contributed by atoms with Crippen LogP contribution < -0.4 is 5.73 Å². The van der Waals surface area contributed by atoms with E-state index in [4.69, 9.17) is 5.73 Å². The van der Waals surface area contributed by atoms with E-state index in [0.717, 1.165) is 0 Å². The van der Waals surface area contributed by atoms with Gasteiger partial charge in [0, 0.05) is 12.7 Å². The van der Waals surface area contributed by atoms with E-state index in [1.807, 2.05) is 6.92 Å². The van der Waals surface area contributed by atoms with Crippen molar-refractivity contribution in [3.8, 4) is 0 Å². The van der Waals surface area contributed by atoms with Crippen molar-refractivity contribution in [1.82, 2.24) is 0 Å². The molecular formula is C7H11BrN2O. The minimum atomic E-state index is -0.0865. The molecule has 11 heavy (non-hydrogen) atoms. The molecule has 0 saturated carbocycles. The molecule has 0 amide bonds. The Balaban J connectivity index is 4.54. The fourth-order valence-corrected chi connectivity index (χ4v) is 1.22. The summed E-state index contributed by atoms with van der Waals surface area (Å²) in [5.41, 5.74) is 5.63. The molecule has 0 aliphatic heterocycles. The van der Waals surface area contributed by atoms with Crippen LogP contribution in [0.5, 0.6) is 0 Å². The first-order chi connectivity index (χ1) is 5.13. The SMILES string of the molecule is CCN=C(Br)C(=CN)C(C)=O. The second kappa shape index (κ2) is 5.07. The molecule has 0 spiro atoms. The average Bonchev–Trinajstić information content (AvgIpc) is 1.88. The number of rotatable bonds is 3. The van der Waals surface area contributed by atoms with Gasteiger partial charge in [0.05, 0.1) is 5.57 Å². The molecule has 0 radical (unpaired) electrons. The van der Waals surface area contributed by atoms with Gasteiger partial charge in [-0.05, 0) is 29.8 Å². The smallest absolute Gasteiger partial charge is 0.163 e. The Morgan fingerprint density at radius 1 is 1.73 bits per heavy atom. The maximum absolute atomic E-state index is 10.8. The normalized spacial score (nSPS) is 13.4. The largest absolute Gasteiger partial charge is 0.404 e. The third kappa shape index (κ3) is 3.32. The van der Waals surface area contributed by atoms with Crippen molar-refractivity contribution in [2.45, 2.75) is 13.8 Å². The lowest BCUT2D eigenvalue weighted by Crippen LogP contribution is -2.06. The second-order valence-electron chi connectivity index (χ2n) is 1.90. The van der Waals surface area contributed by atoms with E-state index >= 15 is 0 Å². The molecule has 0 bridgehead atoms. The van der Waals surface area contributed by atoms with Crippen LogP contribution in [-0.2, 0) is 4.79 Å². The fraction of sp³-hybridized carbons (Fsp3) is 0.429. The highest BCUT2D eigenvalue weighted by molar-refractivity contribution is 9.18. The highest BCUT2D eigenvalue weighted by atomic mass is 79.9. The summed E-state index contributed by atoms with van der Waals surface area (Å²) >= 11 is 3.15. The molecule has 3 nitrogen and oxygen atoms in total. The van der Waals surface area contributed by atoms with Crippen LogP contribution in [0.3, 0.4) is 0 Å². The van der Waals surface area contributed by atoms with E-state index in [1.165, 1.54) is 13.1 Å².